The Morgan fingerprint density at radius 1 is 1.12 bits per heavy atom. The van der Waals surface area contributed by atoms with Gasteiger partial charge in [0, 0.05) is 26.2 Å². The maximum absolute atomic E-state index is 14.4. The Kier molecular flexibility index (Phi) is 9.10. The summed E-state index contributed by atoms with van der Waals surface area (Å²) < 4.78 is 47.5. The van der Waals surface area contributed by atoms with Crippen LogP contribution in [-0.2, 0) is 16.1 Å². The highest BCUT2D eigenvalue weighted by Gasteiger charge is 2.50. The lowest BCUT2D eigenvalue weighted by Gasteiger charge is -2.52. The quantitative estimate of drug-likeness (QED) is 0.533. The molecule has 1 aromatic carbocycles. The predicted molar refractivity (Wildman–Crippen MR) is 149 cm³/mol. The van der Waals surface area contributed by atoms with E-state index in [0.717, 1.165) is 4.57 Å². The number of hydrogen-bond acceptors (Lipinski definition) is 5. The number of imidazole rings is 1. The lowest BCUT2D eigenvalue weighted by molar-refractivity contribution is -0.144. The fourth-order valence-corrected chi connectivity index (χ4v) is 6.28. The number of morpholine rings is 1. The van der Waals surface area contributed by atoms with Crippen molar-refractivity contribution in [2.45, 2.75) is 65.8 Å². The first-order chi connectivity index (χ1) is 19.6. The number of fused-ring (bicyclic) bond motifs is 1. The van der Waals surface area contributed by atoms with Crippen LogP contribution in [0.5, 0.6) is 0 Å². The van der Waals surface area contributed by atoms with Gasteiger partial charge in [-0.1, -0.05) is 46.8 Å². The molecule has 1 N–H and O–H groups in total. The Bertz CT molecular complexity index is 1300. The maximum Gasteiger partial charge on any atom is 0.407 e. The minimum atomic E-state index is -4.62. The van der Waals surface area contributed by atoms with E-state index in [-0.39, 0.29) is 48.2 Å². The van der Waals surface area contributed by atoms with E-state index in [0.29, 0.717) is 26.3 Å². The number of amides is 3. The Balaban J connectivity index is 1.83. The molecule has 2 saturated heterocycles. The molecule has 3 amide bonds. The molecule has 232 valence electrons. The van der Waals surface area contributed by atoms with Gasteiger partial charge in [-0.3, -0.25) is 9.59 Å². The number of carbonyl (C=O) groups is 3. The van der Waals surface area contributed by atoms with Crippen LogP contribution in [0.15, 0.2) is 24.3 Å². The van der Waals surface area contributed by atoms with Crippen LogP contribution in [0, 0.1) is 17.3 Å². The zero-order valence-corrected chi connectivity index (χ0v) is 24.7. The first-order valence-electron chi connectivity index (χ1n) is 14.3. The minimum Gasteiger partial charge on any atom is -0.465 e. The van der Waals surface area contributed by atoms with Crippen molar-refractivity contribution in [3.8, 4) is 0 Å². The van der Waals surface area contributed by atoms with E-state index >= 15 is 0 Å². The molecule has 2 aliphatic heterocycles. The van der Waals surface area contributed by atoms with Gasteiger partial charge in [0.05, 0.1) is 42.2 Å². The number of halogens is 3. The topological polar surface area (TPSA) is 108 Å². The number of benzene rings is 1. The highest BCUT2D eigenvalue weighted by atomic mass is 19.4. The largest absolute Gasteiger partial charge is 0.465 e. The molecular formula is C29H40F3N5O5. The second-order valence-electron chi connectivity index (χ2n) is 12.7. The summed E-state index contributed by atoms with van der Waals surface area (Å²) in [5.74, 6) is -2.16. The number of rotatable bonds is 6. The molecule has 3 heterocycles. The van der Waals surface area contributed by atoms with Crippen LogP contribution in [-0.4, -0.2) is 105 Å². The Morgan fingerprint density at radius 3 is 2.33 bits per heavy atom. The van der Waals surface area contributed by atoms with Gasteiger partial charge in [0.15, 0.2) is 0 Å². The number of para-hydroxylation sites is 2. The van der Waals surface area contributed by atoms with E-state index in [2.05, 4.69) is 4.98 Å². The van der Waals surface area contributed by atoms with Crippen LogP contribution >= 0.6 is 0 Å². The molecule has 2 fully saturated rings. The van der Waals surface area contributed by atoms with Gasteiger partial charge in [-0.25, -0.2) is 9.78 Å². The Morgan fingerprint density at radius 2 is 1.76 bits per heavy atom. The average Bonchev–Trinajstić information content (AvgIpc) is 3.26. The number of piperidine rings is 1. The summed E-state index contributed by atoms with van der Waals surface area (Å²) in [6.45, 7) is 9.54. The fraction of sp³-hybridized carbons (Fsp3) is 0.655. The van der Waals surface area contributed by atoms with Gasteiger partial charge < -0.3 is 29.1 Å². The molecular weight excluding hydrogens is 555 g/mol. The molecule has 1 aromatic heterocycles. The lowest BCUT2D eigenvalue weighted by atomic mass is 9.74. The molecule has 4 rings (SSSR count). The molecule has 2 aliphatic rings. The molecule has 13 heteroatoms. The summed E-state index contributed by atoms with van der Waals surface area (Å²) in [6.07, 6.45) is -5.67. The van der Waals surface area contributed by atoms with Crippen LogP contribution in [0.4, 0.5) is 18.0 Å². The second-order valence-corrected chi connectivity index (χ2v) is 12.7. The SMILES string of the molecule is CC(C)CN(C(=O)c1nc2ccccc2n1CC(F)(F)F)[C@H]1C[C@@H](C(=O)N2CCOCC2)CN(C(=O)O)C1C(C)(C)C. The third-order valence-electron chi connectivity index (χ3n) is 7.85. The molecule has 0 saturated carbocycles. The van der Waals surface area contributed by atoms with E-state index in [1.54, 1.807) is 23.1 Å². The Hall–Kier alpha value is -3.35. The fourth-order valence-electron chi connectivity index (χ4n) is 6.28. The zero-order valence-electron chi connectivity index (χ0n) is 24.7. The van der Waals surface area contributed by atoms with E-state index in [1.807, 2.05) is 34.6 Å². The van der Waals surface area contributed by atoms with Crippen molar-refractivity contribution in [2.24, 2.45) is 17.3 Å². The van der Waals surface area contributed by atoms with Crippen LogP contribution < -0.4 is 0 Å². The van der Waals surface area contributed by atoms with Crippen molar-refractivity contribution < 1.29 is 37.4 Å². The van der Waals surface area contributed by atoms with Crippen LogP contribution in [0.25, 0.3) is 11.0 Å². The van der Waals surface area contributed by atoms with Crippen LogP contribution in [0.3, 0.4) is 0 Å². The summed E-state index contributed by atoms with van der Waals surface area (Å²) in [5.41, 5.74) is -0.248. The summed E-state index contributed by atoms with van der Waals surface area (Å²) in [5, 5.41) is 10.3. The third kappa shape index (κ3) is 6.82. The Labute approximate surface area is 243 Å². The molecule has 42 heavy (non-hydrogen) atoms. The van der Waals surface area contributed by atoms with Crippen molar-refractivity contribution in [3.05, 3.63) is 30.1 Å². The smallest absolute Gasteiger partial charge is 0.407 e. The molecule has 10 nitrogen and oxygen atoms in total. The molecule has 0 bridgehead atoms. The summed E-state index contributed by atoms with van der Waals surface area (Å²) in [6, 6.07) is 4.73. The lowest BCUT2D eigenvalue weighted by Crippen LogP contribution is -2.66. The third-order valence-corrected chi connectivity index (χ3v) is 7.85. The van der Waals surface area contributed by atoms with Gasteiger partial charge in [-0.15, -0.1) is 0 Å². The highest BCUT2D eigenvalue weighted by molar-refractivity contribution is 5.95. The molecule has 3 atom stereocenters. The van der Waals surface area contributed by atoms with Gasteiger partial charge in [0.1, 0.15) is 6.54 Å². The number of nitrogens with zero attached hydrogens (tertiary/aromatic N) is 5. The second kappa shape index (κ2) is 12.1. The predicted octanol–water partition coefficient (Wildman–Crippen LogP) is 4.34. The number of likely N-dealkylation sites (tertiary alicyclic amines) is 1. The van der Waals surface area contributed by atoms with Gasteiger partial charge >= 0.3 is 12.3 Å². The van der Waals surface area contributed by atoms with Gasteiger partial charge in [0.25, 0.3) is 5.91 Å². The highest BCUT2D eigenvalue weighted by Crippen LogP contribution is 2.39. The molecule has 1 unspecified atom stereocenters. The number of ether oxygens (including phenoxy) is 1. The number of carboxylic acid groups (broad SMARTS) is 1. The normalized spacial score (nSPS) is 22.1. The average molecular weight is 596 g/mol. The van der Waals surface area contributed by atoms with Crippen molar-refractivity contribution in [1.82, 2.24) is 24.3 Å². The summed E-state index contributed by atoms with van der Waals surface area (Å²) in [4.78, 5) is 49.4. The monoisotopic (exact) mass is 595 g/mol. The zero-order chi connectivity index (χ0) is 31.0. The maximum atomic E-state index is 14.4. The van der Waals surface area contributed by atoms with E-state index in [4.69, 9.17) is 4.74 Å². The van der Waals surface area contributed by atoms with E-state index < -0.39 is 48.1 Å². The molecule has 0 radical (unpaired) electrons. The van der Waals surface area contributed by atoms with Gasteiger partial charge in [-0.05, 0) is 29.9 Å². The molecule has 2 aromatic rings. The number of hydrogen-bond donors (Lipinski definition) is 1. The first-order valence-corrected chi connectivity index (χ1v) is 14.3. The van der Waals surface area contributed by atoms with Gasteiger partial charge in [0.2, 0.25) is 11.7 Å². The number of alkyl halides is 3. The van der Waals surface area contributed by atoms with Crippen LogP contribution in [0.1, 0.15) is 51.7 Å². The molecule has 0 aliphatic carbocycles. The van der Waals surface area contributed by atoms with Crippen molar-refractivity contribution in [1.29, 1.82) is 0 Å². The summed E-state index contributed by atoms with van der Waals surface area (Å²) >= 11 is 0. The van der Waals surface area contributed by atoms with Crippen molar-refractivity contribution in [3.63, 3.8) is 0 Å². The minimum absolute atomic E-state index is 0.0414. The number of carbonyl (C=O) groups excluding carboxylic acids is 2. The van der Waals surface area contributed by atoms with Crippen LogP contribution in [0.2, 0.25) is 0 Å². The van der Waals surface area contributed by atoms with Gasteiger partial charge in [-0.2, -0.15) is 13.2 Å². The standard InChI is InChI=1S/C29H40F3N5O5/c1-18(2)15-35(26(39)24-33-20-8-6-7-9-21(20)37(24)17-29(30,31)32)22-14-19(25(38)34-10-12-42-13-11-34)16-36(27(40)41)23(22)28(3,4)5/h6-9,18-19,22-23H,10-17H2,1-5H3,(H,40,41)/t19-,22+,23?/m1/s1. The van der Waals surface area contributed by atoms with Crippen molar-refractivity contribution in [2.75, 3.05) is 39.4 Å². The summed E-state index contributed by atoms with van der Waals surface area (Å²) in [7, 11) is 0. The van der Waals surface area contributed by atoms with E-state index in [9.17, 15) is 32.7 Å². The van der Waals surface area contributed by atoms with Crippen molar-refractivity contribution >= 4 is 28.9 Å². The first kappa shape index (κ1) is 31.6. The van der Waals surface area contributed by atoms with E-state index in [1.165, 1.54) is 15.9 Å². The molecule has 0 spiro atoms. The number of aromatic nitrogens is 2.